The molecule has 1 aliphatic heterocycles. The van der Waals surface area contributed by atoms with Gasteiger partial charge in [-0.15, -0.1) is 0 Å². The summed E-state index contributed by atoms with van der Waals surface area (Å²) >= 11 is 0. The second-order valence-electron chi connectivity index (χ2n) is 5.68. The molecule has 3 nitrogen and oxygen atoms in total. The van der Waals surface area contributed by atoms with Gasteiger partial charge < -0.3 is 10.5 Å². The van der Waals surface area contributed by atoms with Crippen LogP contribution >= 0.6 is 0 Å². The summed E-state index contributed by atoms with van der Waals surface area (Å²) in [6.07, 6.45) is 2.19. The second kappa shape index (κ2) is 6.74. The highest BCUT2D eigenvalue weighted by molar-refractivity contribution is 5.33. The van der Waals surface area contributed by atoms with Crippen molar-refractivity contribution in [1.82, 2.24) is 4.90 Å². The Balaban J connectivity index is 1.63. The fourth-order valence-electron chi connectivity index (χ4n) is 2.70. The molecule has 0 aliphatic carbocycles. The van der Waals surface area contributed by atoms with Crippen LogP contribution < -0.4 is 10.5 Å². The Morgan fingerprint density at radius 2 is 1.67 bits per heavy atom. The van der Waals surface area contributed by atoms with Crippen LogP contribution in [0.3, 0.4) is 0 Å². The van der Waals surface area contributed by atoms with E-state index in [1.807, 2.05) is 36.4 Å². The molecule has 0 unspecified atom stereocenters. The van der Waals surface area contributed by atoms with Crippen LogP contribution in [0.1, 0.15) is 18.4 Å². The molecule has 1 fully saturated rings. The molecule has 21 heavy (non-hydrogen) atoms. The highest BCUT2D eigenvalue weighted by Crippen LogP contribution is 2.23. The number of nitrogens with two attached hydrogens (primary N) is 1. The molecule has 0 spiro atoms. The zero-order valence-corrected chi connectivity index (χ0v) is 12.2. The van der Waals surface area contributed by atoms with Gasteiger partial charge in [0.25, 0.3) is 0 Å². The van der Waals surface area contributed by atoms with E-state index in [0.29, 0.717) is 6.04 Å². The summed E-state index contributed by atoms with van der Waals surface area (Å²) in [5.41, 5.74) is 7.24. The first-order chi connectivity index (χ1) is 10.3. The lowest BCUT2D eigenvalue weighted by Gasteiger charge is -2.30. The number of rotatable bonds is 4. The Bertz CT molecular complexity index is 562. The number of likely N-dealkylation sites (tertiary alicyclic amines) is 1. The molecule has 0 saturated carbocycles. The summed E-state index contributed by atoms with van der Waals surface area (Å²) < 4.78 is 5.89. The van der Waals surface area contributed by atoms with Gasteiger partial charge in [0.1, 0.15) is 11.5 Å². The van der Waals surface area contributed by atoms with Crippen LogP contribution in [-0.4, -0.2) is 24.0 Å². The first-order valence-electron chi connectivity index (χ1n) is 7.59. The molecular weight excluding hydrogens is 260 g/mol. The fourth-order valence-corrected chi connectivity index (χ4v) is 2.70. The number of nitrogens with zero attached hydrogens (tertiary/aromatic N) is 1. The van der Waals surface area contributed by atoms with Crippen LogP contribution in [0.25, 0.3) is 0 Å². The fraction of sp³-hybridized carbons (Fsp3) is 0.333. The summed E-state index contributed by atoms with van der Waals surface area (Å²) in [6.45, 7) is 3.15. The van der Waals surface area contributed by atoms with Gasteiger partial charge in [-0.3, -0.25) is 4.90 Å². The summed E-state index contributed by atoms with van der Waals surface area (Å²) in [4.78, 5) is 2.46. The monoisotopic (exact) mass is 282 g/mol. The van der Waals surface area contributed by atoms with E-state index >= 15 is 0 Å². The van der Waals surface area contributed by atoms with Crippen molar-refractivity contribution in [3.05, 3.63) is 60.2 Å². The Morgan fingerprint density at radius 1 is 0.952 bits per heavy atom. The Morgan fingerprint density at radius 3 is 2.43 bits per heavy atom. The predicted molar refractivity (Wildman–Crippen MR) is 85.4 cm³/mol. The minimum Gasteiger partial charge on any atom is -0.457 e. The lowest BCUT2D eigenvalue weighted by Crippen LogP contribution is -2.39. The van der Waals surface area contributed by atoms with Gasteiger partial charge in [0.2, 0.25) is 0 Å². The zero-order valence-electron chi connectivity index (χ0n) is 12.2. The molecule has 1 heterocycles. The minimum atomic E-state index is 0.383. The quantitative estimate of drug-likeness (QED) is 0.934. The normalized spacial score (nSPS) is 16.8. The summed E-state index contributed by atoms with van der Waals surface area (Å²) in [6, 6.07) is 18.6. The molecule has 0 amide bonds. The maximum Gasteiger partial charge on any atom is 0.127 e. The highest BCUT2D eigenvalue weighted by atomic mass is 16.5. The maximum atomic E-state index is 5.95. The number of hydrogen-bond donors (Lipinski definition) is 1. The topological polar surface area (TPSA) is 38.5 Å². The third-order valence-corrected chi connectivity index (χ3v) is 3.92. The highest BCUT2D eigenvalue weighted by Gasteiger charge is 2.16. The number of benzene rings is 2. The lowest BCUT2D eigenvalue weighted by atomic mass is 10.1. The van der Waals surface area contributed by atoms with Crippen molar-refractivity contribution in [3.63, 3.8) is 0 Å². The van der Waals surface area contributed by atoms with Crippen LogP contribution in [0.5, 0.6) is 11.5 Å². The van der Waals surface area contributed by atoms with E-state index in [9.17, 15) is 0 Å². The van der Waals surface area contributed by atoms with Gasteiger partial charge in [0, 0.05) is 12.6 Å². The van der Waals surface area contributed by atoms with E-state index in [1.165, 1.54) is 5.56 Å². The number of hydrogen-bond acceptors (Lipinski definition) is 3. The van der Waals surface area contributed by atoms with Gasteiger partial charge in [-0.1, -0.05) is 30.3 Å². The molecule has 0 aromatic heterocycles. The van der Waals surface area contributed by atoms with Gasteiger partial charge >= 0.3 is 0 Å². The molecule has 2 N–H and O–H groups in total. The number of piperidine rings is 1. The summed E-state index contributed by atoms with van der Waals surface area (Å²) in [7, 11) is 0. The smallest absolute Gasteiger partial charge is 0.127 e. The first-order valence-corrected chi connectivity index (χ1v) is 7.59. The number of para-hydroxylation sites is 1. The molecule has 0 bridgehead atoms. The van der Waals surface area contributed by atoms with Crippen LogP contribution in [0.2, 0.25) is 0 Å². The molecule has 110 valence electrons. The van der Waals surface area contributed by atoms with E-state index in [0.717, 1.165) is 44.0 Å². The van der Waals surface area contributed by atoms with Crippen molar-refractivity contribution in [2.24, 2.45) is 5.73 Å². The Labute approximate surface area is 126 Å². The first kappa shape index (κ1) is 14.1. The largest absolute Gasteiger partial charge is 0.457 e. The zero-order chi connectivity index (χ0) is 14.5. The molecule has 1 saturated heterocycles. The molecule has 2 aromatic carbocycles. The standard InChI is InChI=1S/C18H22N2O/c19-16-9-11-20(12-10-16)14-15-5-4-8-18(13-15)21-17-6-2-1-3-7-17/h1-8,13,16H,9-12,14,19H2. The Hall–Kier alpha value is -1.84. The maximum absolute atomic E-state index is 5.95. The summed E-state index contributed by atoms with van der Waals surface area (Å²) in [5.74, 6) is 1.77. The summed E-state index contributed by atoms with van der Waals surface area (Å²) in [5, 5.41) is 0. The van der Waals surface area contributed by atoms with E-state index in [2.05, 4.69) is 23.1 Å². The molecule has 2 aromatic rings. The van der Waals surface area contributed by atoms with E-state index in [4.69, 9.17) is 10.5 Å². The van der Waals surface area contributed by atoms with Crippen molar-refractivity contribution >= 4 is 0 Å². The molecule has 0 atom stereocenters. The van der Waals surface area contributed by atoms with Crippen molar-refractivity contribution in [2.75, 3.05) is 13.1 Å². The minimum absolute atomic E-state index is 0.383. The van der Waals surface area contributed by atoms with E-state index in [-0.39, 0.29) is 0 Å². The average molecular weight is 282 g/mol. The second-order valence-corrected chi connectivity index (χ2v) is 5.68. The van der Waals surface area contributed by atoms with Gasteiger partial charge in [-0.25, -0.2) is 0 Å². The predicted octanol–water partition coefficient (Wildman–Crippen LogP) is 3.40. The molecule has 3 rings (SSSR count). The third-order valence-electron chi connectivity index (χ3n) is 3.92. The molecule has 1 aliphatic rings. The molecular formula is C18H22N2O. The number of ether oxygens (including phenoxy) is 1. The van der Waals surface area contributed by atoms with Crippen LogP contribution in [0, 0.1) is 0 Å². The van der Waals surface area contributed by atoms with Crippen molar-refractivity contribution in [3.8, 4) is 11.5 Å². The van der Waals surface area contributed by atoms with E-state index in [1.54, 1.807) is 0 Å². The molecule has 0 radical (unpaired) electrons. The van der Waals surface area contributed by atoms with Gasteiger partial charge in [0.05, 0.1) is 0 Å². The third kappa shape index (κ3) is 4.06. The lowest BCUT2D eigenvalue weighted by molar-refractivity contribution is 0.205. The van der Waals surface area contributed by atoms with Crippen LogP contribution in [-0.2, 0) is 6.54 Å². The Kier molecular flexibility index (Phi) is 4.53. The molecule has 3 heteroatoms. The van der Waals surface area contributed by atoms with Crippen molar-refractivity contribution in [1.29, 1.82) is 0 Å². The van der Waals surface area contributed by atoms with Crippen molar-refractivity contribution in [2.45, 2.75) is 25.4 Å². The van der Waals surface area contributed by atoms with Gasteiger partial charge in [-0.05, 0) is 55.8 Å². The average Bonchev–Trinajstić information content (AvgIpc) is 2.51. The SMILES string of the molecule is NC1CCN(Cc2cccc(Oc3ccccc3)c2)CC1. The van der Waals surface area contributed by atoms with Crippen LogP contribution in [0.15, 0.2) is 54.6 Å². The van der Waals surface area contributed by atoms with Gasteiger partial charge in [-0.2, -0.15) is 0 Å². The van der Waals surface area contributed by atoms with E-state index < -0.39 is 0 Å². The van der Waals surface area contributed by atoms with Crippen LogP contribution in [0.4, 0.5) is 0 Å². The van der Waals surface area contributed by atoms with Gasteiger partial charge in [0.15, 0.2) is 0 Å². The van der Waals surface area contributed by atoms with Crippen molar-refractivity contribution < 1.29 is 4.74 Å².